The molecule has 2 rings (SSSR count). The van der Waals surface area contributed by atoms with Gasteiger partial charge in [-0.3, -0.25) is 4.79 Å². The van der Waals surface area contributed by atoms with Crippen molar-refractivity contribution >= 4 is 5.91 Å². The van der Waals surface area contributed by atoms with E-state index in [4.69, 9.17) is 0 Å². The van der Waals surface area contributed by atoms with Crippen molar-refractivity contribution in [2.75, 3.05) is 0 Å². The lowest BCUT2D eigenvalue weighted by molar-refractivity contribution is -0.123. The maximum atomic E-state index is 13.3. The molecule has 1 unspecified atom stereocenters. The monoisotopic (exact) mass is 207 g/mol. The zero-order valence-electron chi connectivity index (χ0n) is 8.72. The van der Waals surface area contributed by atoms with Gasteiger partial charge in [0.2, 0.25) is 5.91 Å². The van der Waals surface area contributed by atoms with Crippen molar-refractivity contribution in [3.63, 3.8) is 0 Å². The molecule has 0 radical (unpaired) electrons. The first kappa shape index (κ1) is 10.1. The van der Waals surface area contributed by atoms with Crippen LogP contribution in [0.25, 0.3) is 0 Å². The van der Waals surface area contributed by atoms with E-state index in [9.17, 15) is 9.18 Å². The highest BCUT2D eigenvalue weighted by Crippen LogP contribution is 2.24. The second-order valence-electron chi connectivity index (χ2n) is 4.02. The number of halogens is 1. The van der Waals surface area contributed by atoms with E-state index in [0.717, 1.165) is 18.4 Å². The maximum Gasteiger partial charge on any atom is 0.220 e. The third-order valence-electron chi connectivity index (χ3n) is 2.83. The van der Waals surface area contributed by atoms with Crippen LogP contribution in [0.3, 0.4) is 0 Å². The molecule has 80 valence electrons. The van der Waals surface area contributed by atoms with Gasteiger partial charge in [0.25, 0.3) is 0 Å². The van der Waals surface area contributed by atoms with Crippen molar-refractivity contribution in [3.05, 3.63) is 35.1 Å². The summed E-state index contributed by atoms with van der Waals surface area (Å²) in [6, 6.07) is 5.15. The van der Waals surface area contributed by atoms with Crippen LogP contribution in [0.1, 0.15) is 36.4 Å². The highest BCUT2D eigenvalue weighted by Gasteiger charge is 2.19. The minimum atomic E-state index is -0.202. The van der Waals surface area contributed by atoms with E-state index in [2.05, 4.69) is 5.32 Å². The normalized spacial score (nSPS) is 21.2. The van der Waals surface area contributed by atoms with Gasteiger partial charge in [0.05, 0.1) is 6.04 Å². The van der Waals surface area contributed by atoms with E-state index in [1.54, 1.807) is 13.0 Å². The lowest BCUT2D eigenvalue weighted by Gasteiger charge is -2.23. The molecule has 0 bridgehead atoms. The van der Waals surface area contributed by atoms with Gasteiger partial charge >= 0.3 is 0 Å². The topological polar surface area (TPSA) is 29.1 Å². The van der Waals surface area contributed by atoms with Crippen molar-refractivity contribution in [2.24, 2.45) is 0 Å². The Balaban J connectivity index is 2.21. The zero-order chi connectivity index (χ0) is 10.8. The Morgan fingerprint density at radius 1 is 1.47 bits per heavy atom. The quantitative estimate of drug-likeness (QED) is 0.753. The average Bonchev–Trinajstić information content (AvgIpc) is 2.22. The molecule has 1 aromatic carbocycles. The number of hydrogen-bond donors (Lipinski definition) is 1. The SMILES string of the molecule is Cc1ccc(C2CCCC(=O)N2)cc1F. The predicted molar refractivity (Wildman–Crippen MR) is 55.9 cm³/mol. The maximum absolute atomic E-state index is 13.3. The smallest absolute Gasteiger partial charge is 0.220 e. The third kappa shape index (κ3) is 2.17. The molecule has 3 heteroatoms. The van der Waals surface area contributed by atoms with Crippen molar-refractivity contribution in [1.29, 1.82) is 0 Å². The minimum absolute atomic E-state index is 0.0126. The van der Waals surface area contributed by atoms with Crippen molar-refractivity contribution < 1.29 is 9.18 Å². The van der Waals surface area contributed by atoms with Gasteiger partial charge in [0, 0.05) is 6.42 Å². The van der Waals surface area contributed by atoms with E-state index in [1.807, 2.05) is 6.07 Å². The van der Waals surface area contributed by atoms with Gasteiger partial charge in [-0.2, -0.15) is 0 Å². The molecular weight excluding hydrogens is 193 g/mol. The van der Waals surface area contributed by atoms with Gasteiger partial charge in [-0.1, -0.05) is 12.1 Å². The van der Waals surface area contributed by atoms with Crippen LogP contribution in [0, 0.1) is 12.7 Å². The molecule has 15 heavy (non-hydrogen) atoms. The van der Waals surface area contributed by atoms with E-state index >= 15 is 0 Å². The summed E-state index contributed by atoms with van der Waals surface area (Å²) in [5.74, 6) is -0.139. The molecule has 1 aromatic rings. The van der Waals surface area contributed by atoms with Gasteiger partial charge in [-0.05, 0) is 37.0 Å². The van der Waals surface area contributed by atoms with Crippen LogP contribution in [-0.2, 0) is 4.79 Å². The summed E-state index contributed by atoms with van der Waals surface area (Å²) in [7, 11) is 0. The first-order valence-electron chi connectivity index (χ1n) is 5.22. The van der Waals surface area contributed by atoms with Crippen molar-refractivity contribution in [3.8, 4) is 0 Å². The average molecular weight is 207 g/mol. The van der Waals surface area contributed by atoms with E-state index in [0.29, 0.717) is 12.0 Å². The number of benzene rings is 1. The fourth-order valence-electron chi connectivity index (χ4n) is 1.88. The summed E-state index contributed by atoms with van der Waals surface area (Å²) in [5, 5.41) is 2.87. The summed E-state index contributed by atoms with van der Waals surface area (Å²) < 4.78 is 13.3. The number of amides is 1. The van der Waals surface area contributed by atoms with Crippen LogP contribution in [-0.4, -0.2) is 5.91 Å². The molecule has 0 spiro atoms. The van der Waals surface area contributed by atoms with Gasteiger partial charge in [-0.15, -0.1) is 0 Å². The molecule has 1 amide bonds. The largest absolute Gasteiger partial charge is 0.349 e. The summed E-state index contributed by atoms with van der Waals surface area (Å²) in [5.41, 5.74) is 1.51. The van der Waals surface area contributed by atoms with E-state index in [-0.39, 0.29) is 17.8 Å². The molecule has 0 aliphatic carbocycles. The molecule has 1 atom stereocenters. The van der Waals surface area contributed by atoms with Gasteiger partial charge in [0.1, 0.15) is 5.82 Å². The standard InChI is InChI=1S/C12H14FNO/c1-8-5-6-9(7-10(8)13)11-3-2-4-12(15)14-11/h5-7,11H,2-4H2,1H3,(H,14,15). The van der Waals surface area contributed by atoms with Crippen molar-refractivity contribution in [2.45, 2.75) is 32.2 Å². The van der Waals surface area contributed by atoms with Gasteiger partial charge in [0.15, 0.2) is 0 Å². The van der Waals surface area contributed by atoms with Crippen LogP contribution >= 0.6 is 0 Å². The Hall–Kier alpha value is -1.38. The predicted octanol–water partition coefficient (Wildman–Crippen LogP) is 2.48. The molecule has 1 aliphatic heterocycles. The lowest BCUT2D eigenvalue weighted by atomic mass is 9.96. The molecule has 0 aromatic heterocycles. The van der Waals surface area contributed by atoms with Gasteiger partial charge in [-0.25, -0.2) is 4.39 Å². The molecule has 1 aliphatic rings. The summed E-state index contributed by atoms with van der Waals surface area (Å²) in [4.78, 5) is 11.2. The third-order valence-corrected chi connectivity index (χ3v) is 2.83. The Morgan fingerprint density at radius 2 is 2.27 bits per heavy atom. The van der Waals surface area contributed by atoms with Crippen LogP contribution in [0.4, 0.5) is 4.39 Å². The zero-order valence-corrected chi connectivity index (χ0v) is 8.72. The molecule has 2 nitrogen and oxygen atoms in total. The Kier molecular flexibility index (Phi) is 2.71. The highest BCUT2D eigenvalue weighted by molar-refractivity contribution is 5.77. The van der Waals surface area contributed by atoms with Crippen LogP contribution in [0.15, 0.2) is 18.2 Å². The fraction of sp³-hybridized carbons (Fsp3) is 0.417. The molecule has 0 saturated carbocycles. The van der Waals surface area contributed by atoms with Crippen LogP contribution in [0.2, 0.25) is 0 Å². The first-order valence-corrected chi connectivity index (χ1v) is 5.22. The minimum Gasteiger partial charge on any atom is -0.349 e. The molecular formula is C12H14FNO. The number of piperidine rings is 1. The summed E-state index contributed by atoms with van der Waals surface area (Å²) >= 11 is 0. The number of aryl methyl sites for hydroxylation is 1. The van der Waals surface area contributed by atoms with Crippen molar-refractivity contribution in [1.82, 2.24) is 5.32 Å². The van der Waals surface area contributed by atoms with Gasteiger partial charge < -0.3 is 5.32 Å². The molecule has 1 saturated heterocycles. The Bertz CT molecular complexity index is 389. The molecule has 1 fully saturated rings. The summed E-state index contributed by atoms with van der Waals surface area (Å²) in [6.45, 7) is 1.73. The molecule has 1 N–H and O–H groups in total. The Labute approximate surface area is 88.5 Å². The molecule has 1 heterocycles. The van der Waals surface area contributed by atoms with Crippen LogP contribution in [0.5, 0.6) is 0 Å². The number of nitrogens with one attached hydrogen (secondary N) is 1. The fourth-order valence-corrected chi connectivity index (χ4v) is 1.88. The lowest BCUT2D eigenvalue weighted by Crippen LogP contribution is -2.32. The number of carbonyl (C=O) groups is 1. The second kappa shape index (κ2) is 4.01. The number of carbonyl (C=O) groups excluding carboxylic acids is 1. The van der Waals surface area contributed by atoms with E-state index in [1.165, 1.54) is 6.07 Å². The number of hydrogen-bond acceptors (Lipinski definition) is 1. The first-order chi connectivity index (χ1) is 7.16. The Morgan fingerprint density at radius 3 is 2.93 bits per heavy atom. The second-order valence-corrected chi connectivity index (χ2v) is 4.02. The summed E-state index contributed by atoms with van der Waals surface area (Å²) in [6.07, 6.45) is 2.37. The highest BCUT2D eigenvalue weighted by atomic mass is 19.1. The van der Waals surface area contributed by atoms with Crippen LogP contribution < -0.4 is 5.32 Å². The number of rotatable bonds is 1. The van der Waals surface area contributed by atoms with E-state index < -0.39 is 0 Å².